The molecular weight excluding hydrogens is 511 g/mol. The van der Waals surface area contributed by atoms with Crippen LogP contribution in [0.5, 0.6) is 0 Å². The molecule has 0 bridgehead atoms. The third-order valence-corrected chi connectivity index (χ3v) is 6.90. The van der Waals surface area contributed by atoms with Crippen molar-refractivity contribution in [2.75, 3.05) is 30.7 Å². The maximum absolute atomic E-state index is 13.0. The number of hydrogen-bond acceptors (Lipinski definition) is 5. The first kappa shape index (κ1) is 28.4. The van der Waals surface area contributed by atoms with E-state index in [9.17, 15) is 14.0 Å². The number of hydrazone groups is 1. The van der Waals surface area contributed by atoms with Gasteiger partial charge in [-0.25, -0.2) is 9.82 Å². The van der Waals surface area contributed by atoms with Gasteiger partial charge in [0.15, 0.2) is 0 Å². The fourth-order valence-electron chi connectivity index (χ4n) is 3.46. The molecular formula is C28H30ClFN4O2S. The standard InChI is InChI=1S/C28H30ClFN4O2S/c1-3-34(4-2)15-16-37-19-21-5-9-22(10-6-21)27(35)32-26-14-11-23(29)17-25(26)28(36)33-31-18-20-7-12-24(30)13-8-20/h5-14,17-18H,3-4,15-16,19H2,1-2H3,(H,32,35)(H,33,36). The molecule has 0 fully saturated rings. The van der Waals surface area contributed by atoms with Crippen LogP contribution in [0.4, 0.5) is 10.1 Å². The highest BCUT2D eigenvalue weighted by atomic mass is 35.5. The molecule has 3 aromatic carbocycles. The van der Waals surface area contributed by atoms with Crippen molar-refractivity contribution in [2.45, 2.75) is 19.6 Å². The summed E-state index contributed by atoms with van der Waals surface area (Å²) in [6.07, 6.45) is 1.39. The summed E-state index contributed by atoms with van der Waals surface area (Å²) in [6, 6.07) is 17.7. The van der Waals surface area contributed by atoms with Gasteiger partial charge in [-0.3, -0.25) is 9.59 Å². The number of carbonyl (C=O) groups excluding carboxylic acids is 2. The molecule has 6 nitrogen and oxygen atoms in total. The molecule has 0 aromatic heterocycles. The number of anilines is 1. The van der Waals surface area contributed by atoms with E-state index in [4.69, 9.17) is 11.6 Å². The van der Waals surface area contributed by atoms with Gasteiger partial charge in [-0.2, -0.15) is 16.9 Å². The van der Waals surface area contributed by atoms with E-state index in [0.717, 1.165) is 36.7 Å². The molecule has 0 spiro atoms. The maximum Gasteiger partial charge on any atom is 0.273 e. The monoisotopic (exact) mass is 540 g/mol. The number of rotatable bonds is 12. The van der Waals surface area contributed by atoms with Crippen molar-refractivity contribution in [2.24, 2.45) is 5.10 Å². The molecule has 0 aliphatic heterocycles. The zero-order valence-corrected chi connectivity index (χ0v) is 22.4. The molecule has 0 atom stereocenters. The summed E-state index contributed by atoms with van der Waals surface area (Å²) >= 11 is 7.96. The lowest BCUT2D eigenvalue weighted by Crippen LogP contribution is -2.25. The fraction of sp³-hybridized carbons (Fsp3) is 0.250. The van der Waals surface area contributed by atoms with Gasteiger partial charge in [-0.1, -0.05) is 49.7 Å². The van der Waals surface area contributed by atoms with E-state index in [2.05, 4.69) is 34.6 Å². The molecule has 0 saturated carbocycles. The average molecular weight is 541 g/mol. The molecule has 0 unspecified atom stereocenters. The number of benzene rings is 3. The van der Waals surface area contributed by atoms with Crippen molar-refractivity contribution in [3.05, 3.63) is 99.8 Å². The Morgan fingerprint density at radius 3 is 2.38 bits per heavy atom. The molecule has 194 valence electrons. The van der Waals surface area contributed by atoms with Gasteiger partial charge in [0, 0.05) is 28.6 Å². The third-order valence-electron chi connectivity index (χ3n) is 5.66. The molecule has 0 heterocycles. The number of amides is 2. The van der Waals surface area contributed by atoms with Crippen LogP contribution in [-0.2, 0) is 5.75 Å². The van der Waals surface area contributed by atoms with Crippen molar-refractivity contribution in [3.8, 4) is 0 Å². The van der Waals surface area contributed by atoms with Gasteiger partial charge >= 0.3 is 0 Å². The second-order valence-corrected chi connectivity index (χ2v) is 9.71. The third kappa shape index (κ3) is 9.00. The lowest BCUT2D eigenvalue weighted by atomic mass is 10.1. The van der Waals surface area contributed by atoms with E-state index in [1.54, 1.807) is 24.3 Å². The SMILES string of the molecule is CCN(CC)CCSCc1ccc(C(=O)Nc2ccc(Cl)cc2C(=O)NN=Cc2ccc(F)cc2)cc1. The molecule has 9 heteroatoms. The summed E-state index contributed by atoms with van der Waals surface area (Å²) in [5.74, 6) is 0.683. The quantitative estimate of drug-likeness (QED) is 0.166. The number of thioether (sulfide) groups is 1. The van der Waals surface area contributed by atoms with Gasteiger partial charge in [0.2, 0.25) is 0 Å². The first-order chi connectivity index (χ1) is 17.9. The first-order valence-corrected chi connectivity index (χ1v) is 13.5. The Morgan fingerprint density at radius 1 is 1.00 bits per heavy atom. The summed E-state index contributed by atoms with van der Waals surface area (Å²) in [5, 5.41) is 7.03. The Hall–Kier alpha value is -3.20. The van der Waals surface area contributed by atoms with Crippen LogP contribution in [-0.4, -0.2) is 48.3 Å². The Kier molecular flexibility index (Phi) is 11.1. The van der Waals surface area contributed by atoms with E-state index >= 15 is 0 Å². The van der Waals surface area contributed by atoms with Gasteiger partial charge in [-0.05, 0) is 66.7 Å². The molecule has 3 aromatic rings. The second-order valence-electron chi connectivity index (χ2n) is 8.17. The fourth-order valence-corrected chi connectivity index (χ4v) is 4.59. The Labute approximate surface area is 226 Å². The van der Waals surface area contributed by atoms with Crippen LogP contribution in [0.2, 0.25) is 5.02 Å². The predicted molar refractivity (Wildman–Crippen MR) is 151 cm³/mol. The second kappa shape index (κ2) is 14.5. The van der Waals surface area contributed by atoms with Crippen LogP contribution in [0.3, 0.4) is 0 Å². The smallest absolute Gasteiger partial charge is 0.273 e. The van der Waals surface area contributed by atoms with Crippen LogP contribution in [0.1, 0.15) is 45.7 Å². The van der Waals surface area contributed by atoms with E-state index in [1.165, 1.54) is 36.5 Å². The lowest BCUT2D eigenvalue weighted by molar-refractivity contribution is 0.0956. The molecule has 3 rings (SSSR count). The van der Waals surface area contributed by atoms with Crippen molar-refractivity contribution < 1.29 is 14.0 Å². The van der Waals surface area contributed by atoms with Crippen molar-refractivity contribution in [1.82, 2.24) is 10.3 Å². The Balaban J connectivity index is 1.59. The van der Waals surface area contributed by atoms with Crippen LogP contribution < -0.4 is 10.7 Å². The van der Waals surface area contributed by atoms with Crippen LogP contribution >= 0.6 is 23.4 Å². The molecule has 2 amide bonds. The number of carbonyl (C=O) groups is 2. The van der Waals surface area contributed by atoms with Crippen molar-refractivity contribution in [3.63, 3.8) is 0 Å². The molecule has 37 heavy (non-hydrogen) atoms. The molecule has 0 aliphatic carbocycles. The summed E-state index contributed by atoms with van der Waals surface area (Å²) in [4.78, 5) is 28.0. The number of hydrogen-bond donors (Lipinski definition) is 2. The zero-order chi connectivity index (χ0) is 26.6. The lowest BCUT2D eigenvalue weighted by Gasteiger charge is -2.17. The van der Waals surface area contributed by atoms with Crippen LogP contribution in [0.15, 0.2) is 71.8 Å². The molecule has 0 radical (unpaired) electrons. The van der Waals surface area contributed by atoms with E-state index in [1.807, 2.05) is 23.9 Å². The largest absolute Gasteiger partial charge is 0.321 e. The van der Waals surface area contributed by atoms with Crippen molar-refractivity contribution in [1.29, 1.82) is 0 Å². The Bertz CT molecular complexity index is 1220. The maximum atomic E-state index is 13.0. The minimum Gasteiger partial charge on any atom is -0.321 e. The normalized spacial score (nSPS) is 11.2. The van der Waals surface area contributed by atoms with Crippen LogP contribution in [0, 0.1) is 5.82 Å². The molecule has 0 aliphatic rings. The summed E-state index contributed by atoms with van der Waals surface area (Å²) < 4.78 is 13.0. The van der Waals surface area contributed by atoms with E-state index in [0.29, 0.717) is 21.8 Å². The highest BCUT2D eigenvalue weighted by Crippen LogP contribution is 2.22. The number of nitrogens with one attached hydrogen (secondary N) is 2. The minimum atomic E-state index is -0.548. The van der Waals surface area contributed by atoms with Gasteiger partial charge in [0.05, 0.1) is 17.5 Å². The molecule has 0 saturated heterocycles. The molecule has 2 N–H and O–H groups in total. The average Bonchev–Trinajstić information content (AvgIpc) is 2.91. The summed E-state index contributed by atoms with van der Waals surface area (Å²) in [5.41, 5.74) is 5.12. The summed E-state index contributed by atoms with van der Waals surface area (Å²) in [6.45, 7) is 7.51. The highest BCUT2D eigenvalue weighted by Gasteiger charge is 2.15. The van der Waals surface area contributed by atoms with Crippen molar-refractivity contribution >= 4 is 47.1 Å². The zero-order valence-electron chi connectivity index (χ0n) is 20.8. The van der Waals surface area contributed by atoms with Gasteiger partial charge < -0.3 is 10.2 Å². The van der Waals surface area contributed by atoms with E-state index in [-0.39, 0.29) is 17.3 Å². The van der Waals surface area contributed by atoms with Gasteiger partial charge in [0.1, 0.15) is 5.82 Å². The number of halogens is 2. The van der Waals surface area contributed by atoms with Crippen LogP contribution in [0.25, 0.3) is 0 Å². The highest BCUT2D eigenvalue weighted by molar-refractivity contribution is 7.98. The summed E-state index contributed by atoms with van der Waals surface area (Å²) in [7, 11) is 0. The minimum absolute atomic E-state index is 0.165. The Morgan fingerprint density at radius 2 is 1.70 bits per heavy atom. The van der Waals surface area contributed by atoms with E-state index < -0.39 is 5.91 Å². The predicted octanol–water partition coefficient (Wildman–Crippen LogP) is 6.07. The first-order valence-electron chi connectivity index (χ1n) is 12.0. The number of nitrogens with zero attached hydrogens (tertiary/aromatic N) is 2. The van der Waals surface area contributed by atoms with Gasteiger partial charge in [0.25, 0.3) is 11.8 Å². The van der Waals surface area contributed by atoms with Gasteiger partial charge in [-0.15, -0.1) is 0 Å². The topological polar surface area (TPSA) is 73.8 Å².